The lowest BCUT2D eigenvalue weighted by Gasteiger charge is -2.14. The summed E-state index contributed by atoms with van der Waals surface area (Å²) in [5, 5.41) is 19.6. The molecule has 3 aromatic rings. The summed E-state index contributed by atoms with van der Waals surface area (Å²) in [6.07, 6.45) is 0. The van der Waals surface area contributed by atoms with Crippen LogP contribution in [-0.2, 0) is 10.2 Å². The summed E-state index contributed by atoms with van der Waals surface area (Å²) in [4.78, 5) is 23.3. The fourth-order valence-corrected chi connectivity index (χ4v) is 2.82. The summed E-state index contributed by atoms with van der Waals surface area (Å²) in [7, 11) is 0. The molecule has 31 heavy (non-hydrogen) atoms. The van der Waals surface area contributed by atoms with E-state index in [0.29, 0.717) is 28.0 Å². The first kappa shape index (κ1) is 22.2. The molecule has 0 unspecified atom stereocenters. The van der Waals surface area contributed by atoms with Gasteiger partial charge in [0.05, 0.1) is 11.4 Å². The molecule has 8 nitrogen and oxygen atoms in total. The molecule has 1 aromatic heterocycles. The molecule has 0 spiro atoms. The molecule has 0 aliphatic rings. The van der Waals surface area contributed by atoms with Crippen LogP contribution in [0.1, 0.15) is 26.5 Å². The highest BCUT2D eigenvalue weighted by atomic mass is 35.5. The molecular weight excluding hydrogens is 420 g/mol. The Morgan fingerprint density at radius 1 is 1.10 bits per heavy atom. The van der Waals surface area contributed by atoms with E-state index < -0.39 is 18.6 Å². The third-order valence-electron chi connectivity index (χ3n) is 4.25. The second-order valence-electron chi connectivity index (χ2n) is 7.84. The Labute approximate surface area is 184 Å². The number of ether oxygens (including phenoxy) is 1. The number of carbonyl (C=O) groups is 2. The number of carboxylic acid groups (broad SMARTS) is 1. The average Bonchev–Trinajstić information content (AvgIpc) is 3.12. The number of aliphatic carboxylic acids is 1. The second-order valence-corrected chi connectivity index (χ2v) is 8.28. The van der Waals surface area contributed by atoms with Crippen LogP contribution in [-0.4, -0.2) is 33.5 Å². The number of carboxylic acids is 1. The molecule has 0 saturated heterocycles. The Kier molecular flexibility index (Phi) is 6.50. The number of hydrogen-bond donors (Lipinski definition) is 3. The molecule has 2 amide bonds. The number of anilines is 2. The van der Waals surface area contributed by atoms with Crippen molar-refractivity contribution < 1.29 is 19.4 Å². The van der Waals surface area contributed by atoms with E-state index in [-0.39, 0.29) is 5.41 Å². The topological polar surface area (TPSA) is 105 Å². The number of aromatic nitrogens is 2. The third kappa shape index (κ3) is 5.99. The van der Waals surface area contributed by atoms with Crippen molar-refractivity contribution in [3.63, 3.8) is 0 Å². The summed E-state index contributed by atoms with van der Waals surface area (Å²) in [6, 6.07) is 14.9. The zero-order valence-corrected chi connectivity index (χ0v) is 18.1. The van der Waals surface area contributed by atoms with Crippen molar-refractivity contribution in [2.45, 2.75) is 26.2 Å². The average molecular weight is 443 g/mol. The largest absolute Gasteiger partial charge is 0.482 e. The molecule has 9 heteroatoms. The number of nitrogens with zero attached hydrogens (tertiary/aromatic N) is 2. The van der Waals surface area contributed by atoms with Gasteiger partial charge in [-0.05, 0) is 36.4 Å². The molecule has 0 aliphatic carbocycles. The minimum Gasteiger partial charge on any atom is -0.482 e. The Balaban J connectivity index is 1.88. The number of rotatable bonds is 6. The Morgan fingerprint density at radius 3 is 2.45 bits per heavy atom. The summed E-state index contributed by atoms with van der Waals surface area (Å²) < 4.78 is 6.84. The van der Waals surface area contributed by atoms with Crippen molar-refractivity contribution in [1.82, 2.24) is 9.78 Å². The van der Waals surface area contributed by atoms with Crippen LogP contribution < -0.4 is 15.4 Å². The molecule has 0 saturated carbocycles. The van der Waals surface area contributed by atoms with Crippen molar-refractivity contribution in [1.29, 1.82) is 0 Å². The standard InChI is InChI=1S/C22H23ClN4O4/c1-22(2,3)18-12-19(25-21(30)24-15-9-7-14(23)8-10-15)27(26-18)16-5-4-6-17(11-16)31-13-20(28)29/h4-12H,13H2,1-3H3,(H,28,29)(H2,24,25,30). The number of nitrogens with one attached hydrogen (secondary N) is 2. The van der Waals surface area contributed by atoms with Crippen molar-refractivity contribution >= 4 is 35.1 Å². The summed E-state index contributed by atoms with van der Waals surface area (Å²) in [5.74, 6) is -0.239. The third-order valence-corrected chi connectivity index (χ3v) is 4.50. The maximum atomic E-state index is 12.6. The molecule has 0 fully saturated rings. The Morgan fingerprint density at radius 2 is 1.81 bits per heavy atom. The van der Waals surface area contributed by atoms with Crippen LogP contribution in [0.5, 0.6) is 5.75 Å². The van der Waals surface area contributed by atoms with Crippen molar-refractivity contribution in [3.8, 4) is 11.4 Å². The van der Waals surface area contributed by atoms with Crippen LogP contribution in [0.2, 0.25) is 5.02 Å². The summed E-state index contributed by atoms with van der Waals surface area (Å²) in [5.41, 5.74) is 1.71. The van der Waals surface area contributed by atoms with Gasteiger partial charge in [0.15, 0.2) is 6.61 Å². The molecule has 0 radical (unpaired) electrons. The maximum Gasteiger partial charge on any atom is 0.341 e. The predicted molar refractivity (Wildman–Crippen MR) is 119 cm³/mol. The van der Waals surface area contributed by atoms with E-state index in [2.05, 4.69) is 15.7 Å². The van der Waals surface area contributed by atoms with Gasteiger partial charge in [0.25, 0.3) is 0 Å². The van der Waals surface area contributed by atoms with Crippen LogP contribution in [0, 0.1) is 0 Å². The van der Waals surface area contributed by atoms with Crippen LogP contribution >= 0.6 is 11.6 Å². The monoisotopic (exact) mass is 442 g/mol. The van der Waals surface area contributed by atoms with E-state index in [4.69, 9.17) is 21.4 Å². The molecule has 162 valence electrons. The van der Waals surface area contributed by atoms with Crippen LogP contribution in [0.25, 0.3) is 5.69 Å². The maximum absolute atomic E-state index is 12.6. The molecule has 0 bridgehead atoms. The van der Waals surface area contributed by atoms with Crippen LogP contribution in [0.4, 0.5) is 16.3 Å². The van der Waals surface area contributed by atoms with Gasteiger partial charge >= 0.3 is 12.0 Å². The number of urea groups is 1. The highest BCUT2D eigenvalue weighted by molar-refractivity contribution is 6.30. The normalized spacial score (nSPS) is 11.1. The highest BCUT2D eigenvalue weighted by Gasteiger charge is 2.22. The van der Waals surface area contributed by atoms with Crippen LogP contribution in [0.15, 0.2) is 54.6 Å². The van der Waals surface area contributed by atoms with Gasteiger partial charge in [-0.2, -0.15) is 5.10 Å². The lowest BCUT2D eigenvalue weighted by Crippen LogP contribution is -2.21. The van der Waals surface area contributed by atoms with E-state index in [9.17, 15) is 9.59 Å². The van der Waals surface area contributed by atoms with E-state index in [1.807, 2.05) is 20.8 Å². The van der Waals surface area contributed by atoms with Crippen molar-refractivity contribution in [2.75, 3.05) is 17.2 Å². The van der Waals surface area contributed by atoms with E-state index >= 15 is 0 Å². The first-order valence-corrected chi connectivity index (χ1v) is 9.89. The Hall–Kier alpha value is -3.52. The molecule has 1 heterocycles. The van der Waals surface area contributed by atoms with Gasteiger partial charge in [-0.3, -0.25) is 5.32 Å². The second kappa shape index (κ2) is 9.09. The van der Waals surface area contributed by atoms with Gasteiger partial charge in [-0.15, -0.1) is 0 Å². The number of halogens is 1. The molecule has 3 rings (SSSR count). The first-order valence-electron chi connectivity index (χ1n) is 9.51. The van der Waals surface area contributed by atoms with Gasteiger partial charge < -0.3 is 15.2 Å². The van der Waals surface area contributed by atoms with Gasteiger partial charge in [0, 0.05) is 28.3 Å². The SMILES string of the molecule is CC(C)(C)c1cc(NC(=O)Nc2ccc(Cl)cc2)n(-c2cccc(OCC(=O)O)c2)n1. The number of benzene rings is 2. The Bertz CT molecular complexity index is 1090. The molecule has 0 aliphatic heterocycles. The summed E-state index contributed by atoms with van der Waals surface area (Å²) >= 11 is 5.88. The molecular formula is C22H23ClN4O4. The van der Waals surface area contributed by atoms with E-state index in [0.717, 1.165) is 5.69 Å². The fourth-order valence-electron chi connectivity index (χ4n) is 2.70. The highest BCUT2D eigenvalue weighted by Crippen LogP contribution is 2.27. The molecule has 2 aromatic carbocycles. The summed E-state index contributed by atoms with van der Waals surface area (Å²) in [6.45, 7) is 5.60. The zero-order chi connectivity index (χ0) is 22.6. The fraction of sp³-hybridized carbons (Fsp3) is 0.227. The minimum atomic E-state index is -1.07. The predicted octanol–water partition coefficient (Wildman–Crippen LogP) is 4.93. The van der Waals surface area contributed by atoms with E-state index in [1.54, 1.807) is 59.3 Å². The van der Waals surface area contributed by atoms with Crippen LogP contribution in [0.3, 0.4) is 0 Å². The first-order chi connectivity index (χ1) is 14.6. The number of amides is 2. The lowest BCUT2D eigenvalue weighted by molar-refractivity contribution is -0.139. The van der Waals surface area contributed by atoms with Gasteiger partial charge in [-0.25, -0.2) is 14.3 Å². The smallest absolute Gasteiger partial charge is 0.341 e. The number of hydrogen-bond acceptors (Lipinski definition) is 4. The molecule has 3 N–H and O–H groups in total. The van der Waals surface area contributed by atoms with Gasteiger partial charge in [0.2, 0.25) is 0 Å². The lowest BCUT2D eigenvalue weighted by atomic mass is 9.92. The van der Waals surface area contributed by atoms with Gasteiger partial charge in [-0.1, -0.05) is 38.4 Å². The molecule has 0 atom stereocenters. The minimum absolute atomic E-state index is 0.258. The quantitative estimate of drug-likeness (QED) is 0.502. The van der Waals surface area contributed by atoms with Gasteiger partial charge in [0.1, 0.15) is 11.6 Å². The van der Waals surface area contributed by atoms with Crippen molar-refractivity contribution in [2.24, 2.45) is 0 Å². The zero-order valence-electron chi connectivity index (χ0n) is 17.3. The van der Waals surface area contributed by atoms with Crippen molar-refractivity contribution in [3.05, 3.63) is 65.3 Å². The van der Waals surface area contributed by atoms with E-state index in [1.165, 1.54) is 0 Å². The number of carbonyl (C=O) groups excluding carboxylic acids is 1.